The van der Waals surface area contributed by atoms with E-state index < -0.39 is 0 Å². The molecule has 0 aliphatic carbocycles. The molecule has 0 spiro atoms. The summed E-state index contributed by atoms with van der Waals surface area (Å²) in [5.74, 6) is 1.12. The molecular weight excluding hydrogens is 444 g/mol. The normalized spacial score (nSPS) is 10.8. The smallest absolute Gasteiger partial charge is 0.255 e. The fourth-order valence-electron chi connectivity index (χ4n) is 3.62. The molecule has 0 unspecified atom stereocenters. The van der Waals surface area contributed by atoms with Crippen LogP contribution in [0.1, 0.15) is 37.0 Å². The predicted octanol–water partition coefficient (Wildman–Crippen LogP) is 6.60. The summed E-state index contributed by atoms with van der Waals surface area (Å²) in [6.07, 6.45) is 2.24. The second-order valence-electron chi connectivity index (χ2n) is 7.95. The molecule has 0 aliphatic heterocycles. The lowest BCUT2D eigenvalue weighted by Crippen LogP contribution is -2.30. The van der Waals surface area contributed by atoms with Gasteiger partial charge in [0.25, 0.3) is 5.91 Å². The van der Waals surface area contributed by atoms with Crippen molar-refractivity contribution in [2.24, 2.45) is 0 Å². The summed E-state index contributed by atoms with van der Waals surface area (Å²) >= 11 is 1.67. The van der Waals surface area contributed by atoms with E-state index >= 15 is 0 Å². The maximum absolute atomic E-state index is 12.8. The Balaban J connectivity index is 1.60. The van der Waals surface area contributed by atoms with E-state index in [0.717, 1.165) is 42.3 Å². The van der Waals surface area contributed by atoms with Gasteiger partial charge in [-0.3, -0.25) is 9.69 Å². The molecule has 34 heavy (non-hydrogen) atoms. The van der Waals surface area contributed by atoms with E-state index in [1.807, 2.05) is 60.7 Å². The molecular formula is C28H34N2O3S. The highest BCUT2D eigenvalue weighted by Crippen LogP contribution is 2.31. The van der Waals surface area contributed by atoms with Crippen LogP contribution < -0.4 is 14.8 Å². The molecule has 0 aliphatic rings. The fourth-order valence-corrected chi connectivity index (χ4v) is 4.46. The first-order valence-corrected chi connectivity index (χ1v) is 12.6. The first-order valence-electron chi connectivity index (χ1n) is 11.8. The highest BCUT2D eigenvalue weighted by Gasteiger charge is 2.11. The molecule has 3 aromatic carbocycles. The molecule has 0 fully saturated rings. The number of ether oxygens (including phenoxy) is 2. The van der Waals surface area contributed by atoms with Gasteiger partial charge in [0.15, 0.2) is 11.5 Å². The summed E-state index contributed by atoms with van der Waals surface area (Å²) in [5, 5.41) is 2.97. The Morgan fingerprint density at radius 2 is 1.53 bits per heavy atom. The molecule has 0 saturated heterocycles. The first kappa shape index (κ1) is 25.7. The van der Waals surface area contributed by atoms with Gasteiger partial charge < -0.3 is 14.8 Å². The second kappa shape index (κ2) is 13.7. The van der Waals surface area contributed by atoms with E-state index in [4.69, 9.17) is 9.47 Å². The number of anilines is 1. The van der Waals surface area contributed by atoms with Gasteiger partial charge in [0.05, 0.1) is 7.11 Å². The number of benzene rings is 3. The third kappa shape index (κ3) is 7.82. The van der Waals surface area contributed by atoms with E-state index in [0.29, 0.717) is 29.4 Å². The first-order chi connectivity index (χ1) is 16.6. The van der Waals surface area contributed by atoms with E-state index in [1.54, 1.807) is 18.9 Å². The number of carbonyl (C=O) groups excluding carboxylic acids is 1. The molecule has 6 heteroatoms. The summed E-state index contributed by atoms with van der Waals surface area (Å²) < 4.78 is 11.5. The Morgan fingerprint density at radius 3 is 2.18 bits per heavy atom. The van der Waals surface area contributed by atoms with Crippen molar-refractivity contribution < 1.29 is 14.3 Å². The number of hydrogen-bond acceptors (Lipinski definition) is 5. The van der Waals surface area contributed by atoms with Crippen molar-refractivity contribution in [2.45, 2.75) is 36.5 Å². The average molecular weight is 479 g/mol. The number of rotatable bonds is 13. The molecule has 0 radical (unpaired) electrons. The molecule has 0 heterocycles. The van der Waals surface area contributed by atoms with E-state index in [9.17, 15) is 4.79 Å². The van der Waals surface area contributed by atoms with Crippen LogP contribution in [0.4, 0.5) is 5.69 Å². The van der Waals surface area contributed by atoms with Crippen molar-refractivity contribution in [1.82, 2.24) is 4.90 Å². The van der Waals surface area contributed by atoms with Crippen LogP contribution in [0.25, 0.3) is 0 Å². The summed E-state index contributed by atoms with van der Waals surface area (Å²) in [6, 6.07) is 23.3. The lowest BCUT2D eigenvalue weighted by molar-refractivity contribution is 0.102. The molecule has 5 nitrogen and oxygen atoms in total. The molecule has 0 bridgehead atoms. The van der Waals surface area contributed by atoms with Gasteiger partial charge in [-0.1, -0.05) is 43.8 Å². The molecule has 3 aromatic rings. The molecule has 0 aromatic heterocycles. The minimum atomic E-state index is -0.163. The van der Waals surface area contributed by atoms with Crippen molar-refractivity contribution in [3.63, 3.8) is 0 Å². The van der Waals surface area contributed by atoms with Gasteiger partial charge in [-0.2, -0.15) is 0 Å². The van der Waals surface area contributed by atoms with Crippen LogP contribution in [0.15, 0.2) is 82.6 Å². The van der Waals surface area contributed by atoms with Crippen molar-refractivity contribution in [3.05, 3.63) is 78.4 Å². The van der Waals surface area contributed by atoms with Gasteiger partial charge in [-0.15, -0.1) is 0 Å². The van der Waals surface area contributed by atoms with Gasteiger partial charge in [0.2, 0.25) is 0 Å². The van der Waals surface area contributed by atoms with Crippen LogP contribution in [0.2, 0.25) is 0 Å². The average Bonchev–Trinajstić information content (AvgIpc) is 2.85. The highest BCUT2D eigenvalue weighted by molar-refractivity contribution is 7.99. The molecule has 0 atom stereocenters. The minimum Gasteiger partial charge on any atom is -0.493 e. The van der Waals surface area contributed by atoms with Gasteiger partial charge in [0.1, 0.15) is 6.61 Å². The Kier molecular flexibility index (Phi) is 10.3. The number of methoxy groups -OCH3 is 1. The Morgan fingerprint density at radius 1 is 0.853 bits per heavy atom. The number of nitrogens with zero attached hydrogens (tertiary/aromatic N) is 1. The minimum absolute atomic E-state index is 0.163. The van der Waals surface area contributed by atoms with Gasteiger partial charge in [-0.05, 0) is 74.5 Å². The third-order valence-electron chi connectivity index (χ3n) is 5.26. The van der Waals surface area contributed by atoms with Gasteiger partial charge in [-0.25, -0.2) is 0 Å². The Labute approximate surface area is 207 Å². The zero-order valence-electron chi connectivity index (χ0n) is 20.3. The quantitative estimate of drug-likeness (QED) is 0.300. The zero-order chi connectivity index (χ0) is 24.2. The number of carbonyl (C=O) groups is 1. The maximum atomic E-state index is 12.8. The molecule has 180 valence electrons. The summed E-state index contributed by atoms with van der Waals surface area (Å²) in [6.45, 7) is 7.92. The van der Waals surface area contributed by atoms with Crippen LogP contribution in [0.3, 0.4) is 0 Å². The monoisotopic (exact) mass is 478 g/mol. The largest absolute Gasteiger partial charge is 0.493 e. The van der Waals surface area contributed by atoms with Crippen LogP contribution in [0.5, 0.6) is 11.5 Å². The van der Waals surface area contributed by atoms with Crippen molar-refractivity contribution in [3.8, 4) is 11.5 Å². The predicted molar refractivity (Wildman–Crippen MR) is 140 cm³/mol. The molecule has 3 rings (SSSR count). The fraction of sp³-hybridized carbons (Fsp3) is 0.321. The second-order valence-corrected chi connectivity index (χ2v) is 9.10. The molecule has 0 saturated carbocycles. The zero-order valence-corrected chi connectivity index (χ0v) is 21.1. The summed E-state index contributed by atoms with van der Waals surface area (Å²) in [4.78, 5) is 17.5. The lowest BCUT2D eigenvalue weighted by Gasteiger charge is -2.21. The Bertz CT molecular complexity index is 1020. The van der Waals surface area contributed by atoms with Crippen LogP contribution >= 0.6 is 11.8 Å². The van der Waals surface area contributed by atoms with Crippen LogP contribution in [-0.4, -0.2) is 44.2 Å². The van der Waals surface area contributed by atoms with Crippen molar-refractivity contribution in [1.29, 1.82) is 0 Å². The highest BCUT2D eigenvalue weighted by atomic mass is 32.2. The third-order valence-corrected chi connectivity index (χ3v) is 6.28. The summed E-state index contributed by atoms with van der Waals surface area (Å²) in [5.41, 5.74) is 1.27. The standard InChI is InChI=1S/C28H34N2O3S/c1-4-17-30(18-5-2)19-20-33-27-21-23(13-16-26(27)32-3)29-28(31)22-11-14-25(15-12-22)34-24-9-7-6-8-10-24/h6-16,21H,4-5,17-20H2,1-3H3,(H,29,31). The van der Waals surface area contributed by atoms with Gasteiger partial charge >= 0.3 is 0 Å². The van der Waals surface area contributed by atoms with E-state index in [2.05, 4.69) is 36.2 Å². The van der Waals surface area contributed by atoms with Crippen LogP contribution in [0, 0.1) is 0 Å². The molecule has 1 N–H and O–H groups in total. The SMILES string of the molecule is CCCN(CCC)CCOc1cc(NC(=O)c2ccc(Sc3ccccc3)cc2)ccc1OC. The van der Waals surface area contributed by atoms with E-state index in [-0.39, 0.29) is 5.91 Å². The topological polar surface area (TPSA) is 50.8 Å². The molecule has 1 amide bonds. The van der Waals surface area contributed by atoms with E-state index in [1.165, 1.54) is 0 Å². The maximum Gasteiger partial charge on any atom is 0.255 e. The summed E-state index contributed by atoms with van der Waals surface area (Å²) in [7, 11) is 1.62. The Hall–Kier alpha value is -2.96. The number of amides is 1. The number of hydrogen-bond donors (Lipinski definition) is 1. The van der Waals surface area contributed by atoms with Crippen LogP contribution in [-0.2, 0) is 0 Å². The van der Waals surface area contributed by atoms with Crippen molar-refractivity contribution >= 4 is 23.4 Å². The van der Waals surface area contributed by atoms with Gasteiger partial charge in [0, 0.05) is 33.7 Å². The number of nitrogens with one attached hydrogen (secondary N) is 1. The van der Waals surface area contributed by atoms with Crippen molar-refractivity contribution in [2.75, 3.05) is 38.7 Å². The lowest BCUT2D eigenvalue weighted by atomic mass is 10.2.